The summed E-state index contributed by atoms with van der Waals surface area (Å²) in [4.78, 5) is 24.0. The number of nitrogens with two attached hydrogens (primary N) is 1. The van der Waals surface area contributed by atoms with Crippen molar-refractivity contribution in [1.29, 1.82) is 0 Å². The molecule has 0 spiro atoms. The van der Waals surface area contributed by atoms with E-state index >= 15 is 0 Å². The number of fused-ring (bicyclic) bond motifs is 1. The first-order valence-corrected chi connectivity index (χ1v) is 7.74. The van der Waals surface area contributed by atoms with Gasteiger partial charge in [0, 0.05) is 30.1 Å². The van der Waals surface area contributed by atoms with Gasteiger partial charge in [0.15, 0.2) is 11.5 Å². The summed E-state index contributed by atoms with van der Waals surface area (Å²) in [6.45, 7) is 2.94. The van der Waals surface area contributed by atoms with E-state index in [-0.39, 0.29) is 0 Å². The van der Waals surface area contributed by atoms with Gasteiger partial charge < -0.3 is 10.7 Å². The van der Waals surface area contributed by atoms with Crippen molar-refractivity contribution in [3.8, 4) is 0 Å². The van der Waals surface area contributed by atoms with Gasteiger partial charge in [0.25, 0.3) is 0 Å². The van der Waals surface area contributed by atoms with Crippen molar-refractivity contribution < 1.29 is 0 Å². The van der Waals surface area contributed by atoms with Gasteiger partial charge in [0.05, 0.1) is 11.8 Å². The molecule has 1 saturated heterocycles. The average molecular weight is 301 g/mol. The predicted molar refractivity (Wildman–Crippen MR) is 80.8 cm³/mol. The zero-order chi connectivity index (χ0) is 14.2. The highest BCUT2D eigenvalue weighted by Crippen LogP contribution is 2.28. The third kappa shape index (κ3) is 2.36. The minimum atomic E-state index is 0.321. The topological polar surface area (TPSA) is 96.6 Å². The van der Waals surface area contributed by atoms with Gasteiger partial charge in [-0.3, -0.25) is 9.88 Å². The highest BCUT2D eigenvalue weighted by atomic mass is 32.1. The van der Waals surface area contributed by atoms with Gasteiger partial charge in [0.2, 0.25) is 0 Å². The van der Waals surface area contributed by atoms with Crippen LogP contribution >= 0.6 is 11.3 Å². The molecule has 4 rings (SSSR count). The molecule has 0 amide bonds. The smallest absolute Gasteiger partial charge is 0.183 e. The van der Waals surface area contributed by atoms with Crippen molar-refractivity contribution in [1.82, 2.24) is 29.8 Å². The number of thiazole rings is 1. The van der Waals surface area contributed by atoms with E-state index in [9.17, 15) is 0 Å². The van der Waals surface area contributed by atoms with Crippen LogP contribution in [0.2, 0.25) is 0 Å². The first-order chi connectivity index (χ1) is 10.3. The molecule has 1 aliphatic rings. The summed E-state index contributed by atoms with van der Waals surface area (Å²) < 4.78 is 0. The zero-order valence-corrected chi connectivity index (χ0v) is 12.2. The van der Waals surface area contributed by atoms with Crippen molar-refractivity contribution in [3.05, 3.63) is 28.7 Å². The Morgan fingerprint density at radius 1 is 1.43 bits per heavy atom. The standard InChI is InChI=1S/C13H15N7S/c14-11-10-13(17-6-16-10)19-12(18-11)8-1-2-20(4-8)5-9-3-15-7-21-9/h3,6-8H,1-2,4-5H2,(H3,14,16,17,18,19). The Balaban J connectivity index is 1.53. The van der Waals surface area contributed by atoms with Gasteiger partial charge in [-0.05, 0) is 13.0 Å². The maximum Gasteiger partial charge on any atom is 0.183 e. The van der Waals surface area contributed by atoms with Crippen LogP contribution in [-0.2, 0) is 6.54 Å². The second-order valence-corrected chi connectivity index (χ2v) is 6.23. The van der Waals surface area contributed by atoms with Crippen LogP contribution in [0.4, 0.5) is 5.82 Å². The summed E-state index contributed by atoms with van der Waals surface area (Å²) in [5, 5.41) is 0. The molecule has 1 fully saturated rings. The SMILES string of the molecule is Nc1nc(C2CCN(Cc3cncs3)C2)nc2nc[nH]c12. The molecule has 1 unspecified atom stereocenters. The fraction of sp³-hybridized carbons (Fsp3) is 0.385. The number of imidazole rings is 1. The summed E-state index contributed by atoms with van der Waals surface area (Å²) in [7, 11) is 0. The number of rotatable bonds is 3. The molecular weight excluding hydrogens is 286 g/mol. The predicted octanol–water partition coefficient (Wildman–Crippen LogP) is 1.38. The number of H-pyrrole nitrogens is 1. The van der Waals surface area contributed by atoms with Crippen LogP contribution in [0.3, 0.4) is 0 Å². The van der Waals surface area contributed by atoms with E-state index in [1.165, 1.54) is 4.88 Å². The molecule has 0 aliphatic carbocycles. The highest BCUT2D eigenvalue weighted by Gasteiger charge is 2.27. The Hall–Kier alpha value is -2.06. The second-order valence-electron chi connectivity index (χ2n) is 5.26. The Morgan fingerprint density at radius 2 is 2.38 bits per heavy atom. The molecule has 3 N–H and O–H groups in total. The maximum absolute atomic E-state index is 5.97. The van der Waals surface area contributed by atoms with Gasteiger partial charge in [0.1, 0.15) is 11.3 Å². The molecular formula is C13H15N7S. The lowest BCUT2D eigenvalue weighted by atomic mass is 10.1. The lowest BCUT2D eigenvalue weighted by Gasteiger charge is -2.14. The van der Waals surface area contributed by atoms with Gasteiger partial charge in [-0.25, -0.2) is 15.0 Å². The van der Waals surface area contributed by atoms with Crippen LogP contribution < -0.4 is 5.73 Å². The quantitative estimate of drug-likeness (QED) is 0.758. The van der Waals surface area contributed by atoms with E-state index in [0.29, 0.717) is 17.4 Å². The van der Waals surface area contributed by atoms with Crippen LogP contribution in [0.1, 0.15) is 23.0 Å². The largest absolute Gasteiger partial charge is 0.382 e. The molecule has 3 aromatic rings. The lowest BCUT2D eigenvalue weighted by molar-refractivity contribution is 0.328. The molecule has 7 nitrogen and oxygen atoms in total. The molecule has 4 heterocycles. The Kier molecular flexibility index (Phi) is 3.04. The Labute approximate surface area is 125 Å². The van der Waals surface area contributed by atoms with Crippen molar-refractivity contribution in [3.63, 3.8) is 0 Å². The first-order valence-electron chi connectivity index (χ1n) is 6.86. The number of nitrogens with one attached hydrogen (secondary N) is 1. The van der Waals surface area contributed by atoms with Crippen molar-refractivity contribution in [2.45, 2.75) is 18.9 Å². The molecule has 0 radical (unpaired) electrons. The van der Waals surface area contributed by atoms with Gasteiger partial charge in [-0.15, -0.1) is 11.3 Å². The molecule has 1 aliphatic heterocycles. The van der Waals surface area contributed by atoms with Gasteiger partial charge >= 0.3 is 0 Å². The summed E-state index contributed by atoms with van der Waals surface area (Å²) in [5.41, 5.74) is 9.22. The minimum absolute atomic E-state index is 0.321. The summed E-state index contributed by atoms with van der Waals surface area (Å²) in [5.74, 6) is 1.61. The molecule has 0 saturated carbocycles. The number of hydrogen-bond donors (Lipinski definition) is 2. The van der Waals surface area contributed by atoms with Crippen LogP contribution in [0.5, 0.6) is 0 Å². The van der Waals surface area contributed by atoms with Gasteiger partial charge in [-0.2, -0.15) is 0 Å². The Morgan fingerprint density at radius 3 is 3.24 bits per heavy atom. The van der Waals surface area contributed by atoms with Crippen molar-refractivity contribution in [2.24, 2.45) is 0 Å². The fourth-order valence-corrected chi connectivity index (χ4v) is 3.42. The van der Waals surface area contributed by atoms with E-state index in [2.05, 4.69) is 29.8 Å². The highest BCUT2D eigenvalue weighted by molar-refractivity contribution is 7.09. The molecule has 108 valence electrons. The van der Waals surface area contributed by atoms with E-state index < -0.39 is 0 Å². The first kappa shape index (κ1) is 12.7. The number of anilines is 1. The fourth-order valence-electron chi connectivity index (χ4n) is 2.78. The van der Waals surface area contributed by atoms with Crippen LogP contribution in [0, 0.1) is 0 Å². The van der Waals surface area contributed by atoms with E-state index in [0.717, 1.165) is 37.4 Å². The van der Waals surface area contributed by atoms with Crippen molar-refractivity contribution >= 4 is 28.3 Å². The van der Waals surface area contributed by atoms with Crippen LogP contribution in [-0.4, -0.2) is 42.9 Å². The van der Waals surface area contributed by atoms with Crippen LogP contribution in [0.15, 0.2) is 18.0 Å². The monoisotopic (exact) mass is 301 g/mol. The molecule has 0 aromatic carbocycles. The lowest BCUT2D eigenvalue weighted by Crippen LogP contribution is -2.19. The van der Waals surface area contributed by atoms with Crippen LogP contribution in [0.25, 0.3) is 11.2 Å². The number of hydrogen-bond acceptors (Lipinski definition) is 7. The summed E-state index contributed by atoms with van der Waals surface area (Å²) in [6, 6.07) is 0. The van der Waals surface area contributed by atoms with E-state index in [1.807, 2.05) is 11.7 Å². The summed E-state index contributed by atoms with van der Waals surface area (Å²) >= 11 is 1.69. The van der Waals surface area contributed by atoms with Gasteiger partial charge in [-0.1, -0.05) is 0 Å². The average Bonchev–Trinajstić information content (AvgIpc) is 3.18. The molecule has 21 heavy (non-hydrogen) atoms. The van der Waals surface area contributed by atoms with E-state index in [4.69, 9.17) is 5.73 Å². The molecule has 3 aromatic heterocycles. The number of aromatic amines is 1. The number of likely N-dealkylation sites (tertiary alicyclic amines) is 1. The Bertz CT molecular complexity index is 751. The second kappa shape index (κ2) is 5.05. The van der Waals surface area contributed by atoms with Crippen molar-refractivity contribution in [2.75, 3.05) is 18.8 Å². The molecule has 0 bridgehead atoms. The normalized spacial score (nSPS) is 19.5. The number of nitrogen functional groups attached to an aromatic ring is 1. The molecule has 8 heteroatoms. The summed E-state index contributed by atoms with van der Waals surface area (Å²) in [6.07, 6.45) is 4.58. The van der Waals surface area contributed by atoms with E-state index in [1.54, 1.807) is 17.7 Å². The number of aromatic nitrogens is 5. The molecule has 1 atom stereocenters. The third-order valence-corrected chi connectivity index (χ3v) is 4.60. The minimum Gasteiger partial charge on any atom is -0.382 e. The maximum atomic E-state index is 5.97. The number of nitrogens with zero attached hydrogens (tertiary/aromatic N) is 5. The zero-order valence-electron chi connectivity index (χ0n) is 11.4. The third-order valence-electron chi connectivity index (χ3n) is 3.83.